The van der Waals surface area contributed by atoms with Gasteiger partial charge in [-0.3, -0.25) is 4.18 Å². The van der Waals surface area contributed by atoms with Gasteiger partial charge < -0.3 is 8.85 Å². The largest absolute Gasteiger partial charge is 0.407 e. The predicted octanol–water partition coefficient (Wildman–Crippen LogP) is 6.12. The van der Waals surface area contributed by atoms with Crippen LogP contribution in [-0.2, 0) is 23.2 Å². The van der Waals surface area contributed by atoms with Crippen LogP contribution in [0.3, 0.4) is 0 Å². The average Bonchev–Trinajstić information content (AvgIpc) is 3.02. The fourth-order valence-corrected chi connectivity index (χ4v) is 17.4. The van der Waals surface area contributed by atoms with Gasteiger partial charge in [-0.1, -0.05) is 163 Å². The Morgan fingerprint density at radius 1 is 0.574 bits per heavy atom. The third-order valence-electron chi connectivity index (χ3n) is 9.76. The van der Waals surface area contributed by atoms with Gasteiger partial charge in [0.1, 0.15) is 0 Å². The highest BCUT2D eigenvalue weighted by Gasteiger charge is 2.54. The maximum absolute atomic E-state index is 12.4. The minimum atomic E-state index is -3.66. The van der Waals surface area contributed by atoms with Gasteiger partial charge in [-0.15, -0.1) is 0 Å². The van der Waals surface area contributed by atoms with Crippen LogP contribution in [0.2, 0.25) is 10.1 Å². The van der Waals surface area contributed by atoms with E-state index in [9.17, 15) is 8.42 Å². The zero-order valence-corrected chi connectivity index (χ0v) is 31.7. The van der Waals surface area contributed by atoms with Crippen molar-refractivity contribution >= 4 is 47.5 Å². The lowest BCUT2D eigenvalue weighted by molar-refractivity contribution is -0.0541. The van der Waals surface area contributed by atoms with E-state index in [0.29, 0.717) is 19.6 Å². The normalized spacial score (nSPS) is 19.3. The second-order valence-corrected chi connectivity index (χ2v) is 25.2. The van der Waals surface area contributed by atoms with Crippen molar-refractivity contribution in [2.24, 2.45) is 11.8 Å². The van der Waals surface area contributed by atoms with Crippen molar-refractivity contribution in [2.45, 2.75) is 64.1 Å². The molecule has 0 amide bonds. The van der Waals surface area contributed by atoms with Crippen molar-refractivity contribution in [3.8, 4) is 0 Å². The molecule has 0 aliphatic heterocycles. The summed E-state index contributed by atoms with van der Waals surface area (Å²) in [6.45, 7) is 14.5. The van der Waals surface area contributed by atoms with Gasteiger partial charge in [0.2, 0.25) is 0 Å². The Labute approximate surface area is 284 Å². The summed E-state index contributed by atoms with van der Waals surface area (Å²) in [5, 5.41) is 4.47. The van der Waals surface area contributed by atoms with Crippen molar-refractivity contribution < 1.29 is 21.5 Å². The van der Waals surface area contributed by atoms with Gasteiger partial charge in [-0.05, 0) is 43.2 Å². The molecule has 0 bridgehead atoms. The van der Waals surface area contributed by atoms with E-state index in [-0.39, 0.29) is 21.9 Å². The molecule has 0 saturated heterocycles. The molecule has 47 heavy (non-hydrogen) atoms. The van der Waals surface area contributed by atoms with Gasteiger partial charge in [0.05, 0.1) is 12.4 Å². The first kappa shape index (κ1) is 35.5. The molecule has 1 aliphatic carbocycles. The van der Waals surface area contributed by atoms with E-state index in [2.05, 4.69) is 139 Å². The molecule has 1 saturated carbocycles. The first-order chi connectivity index (χ1) is 22.2. The molecule has 0 spiro atoms. The summed E-state index contributed by atoms with van der Waals surface area (Å²) >= 11 is 0. The third-order valence-corrected chi connectivity index (χ3v) is 20.4. The van der Waals surface area contributed by atoms with Crippen LogP contribution in [0.5, 0.6) is 0 Å². The van der Waals surface area contributed by atoms with Crippen LogP contribution in [0.15, 0.2) is 121 Å². The van der Waals surface area contributed by atoms with Crippen molar-refractivity contribution in [1.29, 1.82) is 0 Å². The summed E-state index contributed by atoms with van der Waals surface area (Å²) in [6, 6.07) is 42.4. The average molecular weight is 687 g/mol. The van der Waals surface area contributed by atoms with Crippen molar-refractivity contribution in [3.05, 3.63) is 121 Å². The molecule has 4 aromatic rings. The highest BCUT2D eigenvalue weighted by molar-refractivity contribution is 7.86. The van der Waals surface area contributed by atoms with E-state index >= 15 is 0 Å². The number of hydrogen-bond donors (Lipinski definition) is 0. The maximum atomic E-state index is 12.4. The molecule has 3 atom stereocenters. The zero-order valence-electron chi connectivity index (χ0n) is 28.8. The fraction of sp³-hybridized carbons (Fsp3) is 0.385. The summed E-state index contributed by atoms with van der Waals surface area (Å²) in [7, 11) is -9.28. The molecule has 1 aliphatic rings. The van der Waals surface area contributed by atoms with Crippen LogP contribution in [-0.4, -0.2) is 50.6 Å². The standard InChI is InChI=1S/C39H50O5SSi2/c1-38(2,3)46(32-20-12-8-13-21-32,33-22-14-9-15-23-33)42-29-31-28-37(44-45(7,40)41)36(31)30-43-47(39(4,5)6,34-24-16-10-17-25-34)35-26-18-11-19-27-35/h8-27,31,36-37H,28-30H2,1-7H3/t31-,36-,37-/m1/s1. The van der Waals surface area contributed by atoms with Crippen molar-refractivity contribution in [2.75, 3.05) is 19.5 Å². The van der Waals surface area contributed by atoms with Gasteiger partial charge in [-0.25, -0.2) is 0 Å². The van der Waals surface area contributed by atoms with Crippen LogP contribution in [0.25, 0.3) is 0 Å². The molecule has 5 nitrogen and oxygen atoms in total. The van der Waals surface area contributed by atoms with Crippen LogP contribution >= 0.6 is 0 Å². The topological polar surface area (TPSA) is 61.8 Å². The smallest absolute Gasteiger partial charge is 0.264 e. The predicted molar refractivity (Wildman–Crippen MR) is 198 cm³/mol. The molecule has 5 rings (SSSR count). The summed E-state index contributed by atoms with van der Waals surface area (Å²) < 4.78 is 45.2. The molecule has 8 heteroatoms. The zero-order chi connectivity index (χ0) is 33.9. The quantitative estimate of drug-likeness (QED) is 0.133. The second kappa shape index (κ2) is 13.9. The van der Waals surface area contributed by atoms with Crippen molar-refractivity contribution in [1.82, 2.24) is 0 Å². The first-order valence-electron chi connectivity index (χ1n) is 16.6. The molecular weight excluding hydrogens is 637 g/mol. The lowest BCUT2D eigenvalue weighted by atomic mass is 9.72. The Morgan fingerprint density at radius 2 is 0.894 bits per heavy atom. The van der Waals surface area contributed by atoms with E-state index in [0.717, 1.165) is 6.26 Å². The minimum Gasteiger partial charge on any atom is -0.407 e. The SMILES string of the molecule is CC(C)(C)[Si](OC[C@H]1C[C@@H](OS(C)(=O)=O)[C@@H]1CO[Si](c1ccccc1)(c1ccccc1)C(C)(C)C)(c1ccccc1)c1ccccc1. The van der Waals surface area contributed by atoms with Crippen LogP contribution in [0.1, 0.15) is 48.0 Å². The summed E-state index contributed by atoms with van der Waals surface area (Å²) in [6.07, 6.45) is 1.27. The Balaban J connectivity index is 1.52. The van der Waals surface area contributed by atoms with E-state index in [1.165, 1.54) is 20.7 Å². The molecule has 0 radical (unpaired) electrons. The maximum Gasteiger partial charge on any atom is 0.264 e. The van der Waals surface area contributed by atoms with Gasteiger partial charge >= 0.3 is 0 Å². The molecular formula is C39H50O5SSi2. The number of rotatable bonds is 12. The minimum absolute atomic E-state index is 0.0709. The molecule has 0 heterocycles. The monoisotopic (exact) mass is 686 g/mol. The van der Waals surface area contributed by atoms with Gasteiger partial charge in [0.15, 0.2) is 0 Å². The van der Waals surface area contributed by atoms with Gasteiger partial charge in [0, 0.05) is 19.1 Å². The lowest BCUT2D eigenvalue weighted by Gasteiger charge is -2.50. The number of hydrogen-bond acceptors (Lipinski definition) is 5. The highest BCUT2D eigenvalue weighted by Crippen LogP contribution is 2.44. The van der Waals surface area contributed by atoms with E-state index < -0.39 is 32.9 Å². The van der Waals surface area contributed by atoms with Gasteiger partial charge in [0.25, 0.3) is 26.8 Å². The van der Waals surface area contributed by atoms with Crippen LogP contribution < -0.4 is 20.7 Å². The second-order valence-electron chi connectivity index (χ2n) is 14.9. The molecule has 0 aromatic heterocycles. The summed E-state index contributed by atoms with van der Waals surface area (Å²) in [4.78, 5) is 0. The van der Waals surface area contributed by atoms with Crippen LogP contribution in [0.4, 0.5) is 0 Å². The Kier molecular flexibility index (Phi) is 10.5. The third kappa shape index (κ3) is 7.28. The van der Waals surface area contributed by atoms with E-state index in [1.807, 2.05) is 24.3 Å². The Bertz CT molecular complexity index is 1610. The fourth-order valence-electron chi connectivity index (χ4n) is 7.50. The molecule has 250 valence electrons. The molecule has 1 fully saturated rings. The molecule has 4 aromatic carbocycles. The van der Waals surface area contributed by atoms with E-state index in [4.69, 9.17) is 13.0 Å². The Hall–Kier alpha value is -2.86. The van der Waals surface area contributed by atoms with E-state index in [1.54, 1.807) is 0 Å². The van der Waals surface area contributed by atoms with Gasteiger partial charge in [-0.2, -0.15) is 8.42 Å². The first-order valence-corrected chi connectivity index (χ1v) is 22.2. The molecule has 0 unspecified atom stereocenters. The lowest BCUT2D eigenvalue weighted by Crippen LogP contribution is -2.68. The Morgan fingerprint density at radius 3 is 1.19 bits per heavy atom. The van der Waals surface area contributed by atoms with Crippen molar-refractivity contribution in [3.63, 3.8) is 0 Å². The highest BCUT2D eigenvalue weighted by atomic mass is 32.2. The number of benzene rings is 4. The van der Waals surface area contributed by atoms with Crippen LogP contribution in [0, 0.1) is 11.8 Å². The summed E-state index contributed by atoms with van der Waals surface area (Å²) in [5.41, 5.74) is 0. The molecule has 0 N–H and O–H groups in total. The summed E-state index contributed by atoms with van der Waals surface area (Å²) in [5.74, 6) is -0.0776.